The van der Waals surface area contributed by atoms with Crippen LogP contribution in [0.15, 0.2) is 17.0 Å². The van der Waals surface area contributed by atoms with Gasteiger partial charge >= 0.3 is 0 Å². The number of ether oxygens (including phenoxy) is 2. The molecule has 0 radical (unpaired) electrons. The van der Waals surface area contributed by atoms with Crippen LogP contribution in [0.2, 0.25) is 0 Å². The van der Waals surface area contributed by atoms with E-state index in [1.807, 2.05) is 0 Å². The number of rotatable bonds is 6. The lowest BCUT2D eigenvalue weighted by molar-refractivity contribution is 0.350. The second-order valence-corrected chi connectivity index (χ2v) is 6.03. The largest absolute Gasteiger partial charge is 0.493 e. The van der Waals surface area contributed by atoms with Crippen molar-refractivity contribution >= 4 is 10.0 Å². The fourth-order valence-electron chi connectivity index (χ4n) is 1.71. The summed E-state index contributed by atoms with van der Waals surface area (Å²) in [7, 11) is 0.617. The highest BCUT2D eigenvalue weighted by atomic mass is 32.2. The average molecular weight is 298 g/mol. The number of nitrogens with zero attached hydrogens (tertiary/aromatic N) is 1. The van der Waals surface area contributed by atoms with Gasteiger partial charge in [0.15, 0.2) is 11.5 Å². The van der Waals surface area contributed by atoms with Crippen LogP contribution in [0.1, 0.15) is 5.56 Å². The third-order valence-electron chi connectivity index (χ3n) is 2.77. The van der Waals surface area contributed by atoms with Crippen molar-refractivity contribution in [3.05, 3.63) is 17.7 Å². The molecule has 1 rings (SSSR count). The highest BCUT2D eigenvalue weighted by molar-refractivity contribution is 7.89. The molecule has 110 valence electrons. The van der Waals surface area contributed by atoms with Crippen molar-refractivity contribution < 1.29 is 17.9 Å². The summed E-state index contributed by atoms with van der Waals surface area (Å²) < 4.78 is 36.1. The Hall–Kier alpha value is -1.75. The number of methoxy groups -OCH3 is 2. The van der Waals surface area contributed by atoms with E-state index in [1.165, 1.54) is 33.4 Å². The number of nitrogens with two attached hydrogens (primary N) is 1. The standard InChI is InChI=1S/C13H18N2O4S/c1-5-6-15(2)20(16,17)11-7-10(9-14)13(19-4)12(8-11)18-3/h1,7-8H,6,9,14H2,2-4H3. The van der Waals surface area contributed by atoms with Crippen molar-refractivity contribution in [1.82, 2.24) is 4.31 Å². The molecule has 0 unspecified atom stereocenters. The van der Waals surface area contributed by atoms with E-state index in [4.69, 9.17) is 21.6 Å². The second kappa shape index (κ2) is 6.61. The van der Waals surface area contributed by atoms with Crippen molar-refractivity contribution in [2.24, 2.45) is 5.73 Å². The van der Waals surface area contributed by atoms with Crippen molar-refractivity contribution in [3.8, 4) is 23.8 Å². The van der Waals surface area contributed by atoms with Crippen LogP contribution in [0.25, 0.3) is 0 Å². The molecule has 2 N–H and O–H groups in total. The molecule has 0 aliphatic heterocycles. The molecular weight excluding hydrogens is 280 g/mol. The van der Waals surface area contributed by atoms with E-state index in [9.17, 15) is 8.42 Å². The lowest BCUT2D eigenvalue weighted by Crippen LogP contribution is -2.27. The molecule has 0 aliphatic rings. The first kappa shape index (κ1) is 16.3. The number of hydrogen-bond acceptors (Lipinski definition) is 5. The van der Waals surface area contributed by atoms with E-state index >= 15 is 0 Å². The Morgan fingerprint density at radius 2 is 2.00 bits per heavy atom. The SMILES string of the molecule is C#CCN(C)S(=O)(=O)c1cc(CN)c(OC)c(OC)c1. The molecule has 6 nitrogen and oxygen atoms in total. The highest BCUT2D eigenvalue weighted by Gasteiger charge is 2.23. The van der Waals surface area contributed by atoms with Crippen LogP contribution in [0.3, 0.4) is 0 Å². The molecule has 20 heavy (non-hydrogen) atoms. The van der Waals surface area contributed by atoms with Gasteiger partial charge in [0.25, 0.3) is 0 Å². The molecule has 0 heterocycles. The minimum Gasteiger partial charge on any atom is -0.493 e. The molecule has 0 amide bonds. The van der Waals surface area contributed by atoms with Crippen LogP contribution in [0.4, 0.5) is 0 Å². The highest BCUT2D eigenvalue weighted by Crippen LogP contribution is 2.34. The van der Waals surface area contributed by atoms with Gasteiger partial charge in [-0.1, -0.05) is 5.92 Å². The molecule has 0 saturated heterocycles. The van der Waals surface area contributed by atoms with Crippen LogP contribution >= 0.6 is 0 Å². The molecular formula is C13H18N2O4S. The lowest BCUT2D eigenvalue weighted by Gasteiger charge is -2.18. The van der Waals surface area contributed by atoms with Gasteiger partial charge in [0, 0.05) is 25.2 Å². The maximum absolute atomic E-state index is 12.4. The average Bonchev–Trinajstić information content (AvgIpc) is 2.45. The summed E-state index contributed by atoms with van der Waals surface area (Å²) in [5, 5.41) is 0. The van der Waals surface area contributed by atoms with Crippen molar-refractivity contribution in [1.29, 1.82) is 0 Å². The fraction of sp³-hybridized carbons (Fsp3) is 0.385. The van der Waals surface area contributed by atoms with Gasteiger partial charge in [-0.25, -0.2) is 8.42 Å². The Kier molecular flexibility index (Phi) is 5.39. The van der Waals surface area contributed by atoms with Crippen LogP contribution in [0.5, 0.6) is 11.5 Å². The van der Waals surface area contributed by atoms with Crippen molar-refractivity contribution in [2.75, 3.05) is 27.8 Å². The van der Waals surface area contributed by atoms with Gasteiger partial charge in [0.2, 0.25) is 10.0 Å². The fourth-order valence-corrected chi connectivity index (χ4v) is 2.86. The van der Waals surface area contributed by atoms with Crippen LogP contribution < -0.4 is 15.2 Å². The Balaban J connectivity index is 3.44. The zero-order chi connectivity index (χ0) is 15.3. The van der Waals surface area contributed by atoms with Gasteiger partial charge < -0.3 is 15.2 Å². The quantitative estimate of drug-likeness (QED) is 0.770. The third-order valence-corrected chi connectivity index (χ3v) is 4.55. The van der Waals surface area contributed by atoms with Crippen molar-refractivity contribution in [2.45, 2.75) is 11.4 Å². The first-order valence-electron chi connectivity index (χ1n) is 5.77. The van der Waals surface area contributed by atoms with E-state index in [0.29, 0.717) is 17.1 Å². The normalized spacial score (nSPS) is 11.2. The Morgan fingerprint density at radius 1 is 1.35 bits per heavy atom. The minimum absolute atomic E-state index is 0.0192. The number of hydrogen-bond donors (Lipinski definition) is 1. The molecule has 0 aromatic heterocycles. The Morgan fingerprint density at radius 3 is 2.45 bits per heavy atom. The van der Waals surface area contributed by atoms with E-state index < -0.39 is 10.0 Å². The third kappa shape index (κ3) is 3.04. The molecule has 0 atom stereocenters. The van der Waals surface area contributed by atoms with Crippen LogP contribution in [-0.2, 0) is 16.6 Å². The van der Waals surface area contributed by atoms with E-state index in [-0.39, 0.29) is 18.0 Å². The molecule has 1 aromatic rings. The summed E-state index contributed by atoms with van der Waals surface area (Å²) in [4.78, 5) is 0.0633. The summed E-state index contributed by atoms with van der Waals surface area (Å²) in [6, 6.07) is 2.85. The van der Waals surface area contributed by atoms with Gasteiger partial charge in [-0.3, -0.25) is 0 Å². The van der Waals surface area contributed by atoms with Gasteiger partial charge in [-0.05, 0) is 6.07 Å². The van der Waals surface area contributed by atoms with E-state index in [1.54, 1.807) is 0 Å². The monoisotopic (exact) mass is 298 g/mol. The lowest BCUT2D eigenvalue weighted by atomic mass is 10.2. The minimum atomic E-state index is -3.69. The Bertz CT molecular complexity index is 595. The second-order valence-electron chi connectivity index (χ2n) is 3.99. The summed E-state index contributed by atoms with van der Waals surface area (Å²) in [6.45, 7) is 0.108. The summed E-state index contributed by atoms with van der Waals surface area (Å²) >= 11 is 0. The number of benzene rings is 1. The maximum Gasteiger partial charge on any atom is 0.243 e. The first-order chi connectivity index (χ1) is 9.42. The van der Waals surface area contributed by atoms with Gasteiger partial charge in [-0.15, -0.1) is 6.42 Å². The predicted molar refractivity (Wildman–Crippen MR) is 76.1 cm³/mol. The van der Waals surface area contributed by atoms with E-state index in [0.717, 1.165) is 4.31 Å². The smallest absolute Gasteiger partial charge is 0.243 e. The van der Waals surface area contributed by atoms with Crippen molar-refractivity contribution in [3.63, 3.8) is 0 Å². The molecule has 0 spiro atoms. The summed E-state index contributed by atoms with van der Waals surface area (Å²) in [5.74, 6) is 3.02. The first-order valence-corrected chi connectivity index (χ1v) is 7.21. The predicted octanol–water partition coefficient (Wildman–Crippen LogP) is 0.416. The van der Waals surface area contributed by atoms with Crippen LogP contribution in [0, 0.1) is 12.3 Å². The topological polar surface area (TPSA) is 81.9 Å². The maximum atomic E-state index is 12.4. The molecule has 7 heteroatoms. The molecule has 0 aliphatic carbocycles. The zero-order valence-electron chi connectivity index (χ0n) is 11.7. The van der Waals surface area contributed by atoms with Gasteiger partial charge in [0.1, 0.15) is 0 Å². The molecule has 0 fully saturated rings. The Labute approximate surface area is 119 Å². The van der Waals surface area contributed by atoms with Crippen LogP contribution in [-0.4, -0.2) is 40.5 Å². The van der Waals surface area contributed by atoms with Gasteiger partial charge in [0.05, 0.1) is 25.7 Å². The molecule has 0 saturated carbocycles. The molecule has 0 bridgehead atoms. The summed E-state index contributed by atoms with van der Waals surface area (Å²) in [6.07, 6.45) is 5.14. The van der Waals surface area contributed by atoms with E-state index in [2.05, 4.69) is 5.92 Å². The number of sulfonamides is 1. The zero-order valence-corrected chi connectivity index (χ0v) is 12.5. The number of terminal acetylenes is 1. The molecule has 1 aromatic carbocycles. The summed E-state index contributed by atoms with van der Waals surface area (Å²) in [5.41, 5.74) is 6.16. The van der Waals surface area contributed by atoms with Gasteiger partial charge in [-0.2, -0.15) is 4.31 Å².